The van der Waals surface area contributed by atoms with Gasteiger partial charge in [0.05, 0.1) is 10.0 Å². The molecule has 0 aliphatic rings. The molecule has 0 aromatic heterocycles. The molecule has 9 heteroatoms. The smallest absolute Gasteiger partial charge is 0.394 e. The fraction of sp³-hybridized carbons (Fsp3) is 0.455. The summed E-state index contributed by atoms with van der Waals surface area (Å²) in [7, 11) is -0.678. The third kappa shape index (κ3) is 10.2. The molecule has 1 aromatic rings. The van der Waals surface area contributed by atoms with Crippen LogP contribution in [0.5, 0.6) is 5.75 Å². The van der Waals surface area contributed by atoms with Gasteiger partial charge in [-0.2, -0.15) is 8.42 Å². The Balaban J connectivity index is 0.000000621. The zero-order chi connectivity index (χ0) is 15.9. The summed E-state index contributed by atoms with van der Waals surface area (Å²) in [5, 5.41) is 1.10. The monoisotopic (exact) mass is 345 g/mol. The third-order valence-electron chi connectivity index (χ3n) is 1.86. The fourth-order valence-electron chi connectivity index (χ4n) is 1.35. The van der Waals surface area contributed by atoms with Crippen molar-refractivity contribution < 1.29 is 22.3 Å². The summed E-state index contributed by atoms with van der Waals surface area (Å²) >= 11 is 12.0. The van der Waals surface area contributed by atoms with Crippen molar-refractivity contribution in [2.45, 2.75) is 13.0 Å². The summed E-state index contributed by atoms with van der Waals surface area (Å²) in [5.74, 6) is 0.565. The molecule has 0 saturated carbocycles. The van der Waals surface area contributed by atoms with Gasteiger partial charge in [-0.25, -0.2) is 0 Å². The molecular formula is C11H17Cl2NO5S. The summed E-state index contributed by atoms with van der Waals surface area (Å²) in [4.78, 5) is 2.05. The number of nitrogens with zero attached hydrogens (tertiary/aromatic N) is 1. The molecule has 1 rings (SSSR count). The molecule has 0 aliphatic heterocycles. The maximum Gasteiger partial charge on any atom is 0.394 e. The Kier molecular flexibility index (Phi) is 8.41. The predicted molar refractivity (Wildman–Crippen MR) is 79.3 cm³/mol. The molecule has 20 heavy (non-hydrogen) atoms. The number of para-hydroxylation sites is 1. The normalized spacial score (nSPS) is 12.6. The molecule has 0 spiro atoms. The molecule has 0 saturated heterocycles. The van der Waals surface area contributed by atoms with E-state index in [-0.39, 0.29) is 6.10 Å². The first-order valence-electron chi connectivity index (χ1n) is 5.46. The third-order valence-corrected chi connectivity index (χ3v) is 2.46. The largest absolute Gasteiger partial charge is 0.486 e. The fourth-order valence-corrected chi connectivity index (χ4v) is 1.83. The van der Waals surface area contributed by atoms with Crippen molar-refractivity contribution >= 4 is 33.6 Å². The second kappa shape index (κ2) is 8.66. The lowest BCUT2D eigenvalue weighted by atomic mass is 10.3. The van der Waals surface area contributed by atoms with Crippen LogP contribution in [0.4, 0.5) is 0 Å². The van der Waals surface area contributed by atoms with Gasteiger partial charge in [-0.05, 0) is 33.2 Å². The van der Waals surface area contributed by atoms with Crippen LogP contribution in [0.25, 0.3) is 0 Å². The molecule has 1 atom stereocenters. The molecular weight excluding hydrogens is 329 g/mol. The van der Waals surface area contributed by atoms with Crippen molar-refractivity contribution in [1.29, 1.82) is 0 Å². The average molecular weight is 346 g/mol. The molecule has 0 radical (unpaired) electrons. The lowest BCUT2D eigenvalue weighted by Gasteiger charge is -2.20. The van der Waals surface area contributed by atoms with Crippen molar-refractivity contribution in [1.82, 2.24) is 4.90 Å². The van der Waals surface area contributed by atoms with Gasteiger partial charge in [0.15, 0.2) is 5.75 Å². The van der Waals surface area contributed by atoms with E-state index in [4.69, 9.17) is 45.5 Å². The number of hydrogen-bond acceptors (Lipinski definition) is 4. The molecule has 2 N–H and O–H groups in total. The Bertz CT molecular complexity index is 493. The van der Waals surface area contributed by atoms with Crippen LogP contribution in [-0.4, -0.2) is 49.2 Å². The second-order valence-corrected chi connectivity index (χ2v) is 5.90. The maximum absolute atomic E-state index is 8.74. The quantitative estimate of drug-likeness (QED) is 0.815. The van der Waals surface area contributed by atoms with E-state index in [0.29, 0.717) is 15.8 Å². The van der Waals surface area contributed by atoms with E-state index in [1.54, 1.807) is 18.2 Å². The van der Waals surface area contributed by atoms with Crippen molar-refractivity contribution in [2.24, 2.45) is 0 Å². The minimum Gasteiger partial charge on any atom is -0.486 e. The van der Waals surface area contributed by atoms with E-state index in [1.165, 1.54) is 0 Å². The zero-order valence-electron chi connectivity index (χ0n) is 11.2. The van der Waals surface area contributed by atoms with Gasteiger partial charge in [-0.3, -0.25) is 9.11 Å². The Morgan fingerprint density at radius 1 is 1.25 bits per heavy atom. The van der Waals surface area contributed by atoms with Crippen LogP contribution in [-0.2, 0) is 10.4 Å². The average Bonchev–Trinajstić information content (AvgIpc) is 2.20. The molecule has 1 unspecified atom stereocenters. The second-order valence-electron chi connectivity index (χ2n) is 4.19. The van der Waals surface area contributed by atoms with Crippen molar-refractivity contribution in [3.05, 3.63) is 28.2 Å². The van der Waals surface area contributed by atoms with Crippen molar-refractivity contribution in [2.75, 3.05) is 20.6 Å². The van der Waals surface area contributed by atoms with Crippen LogP contribution >= 0.6 is 23.2 Å². The predicted octanol–water partition coefficient (Wildman–Crippen LogP) is 2.67. The van der Waals surface area contributed by atoms with Crippen LogP contribution < -0.4 is 4.74 Å². The summed E-state index contributed by atoms with van der Waals surface area (Å²) in [6, 6.07) is 5.34. The van der Waals surface area contributed by atoms with E-state index in [9.17, 15) is 0 Å². The number of hydrogen-bond donors (Lipinski definition) is 2. The Morgan fingerprint density at radius 3 is 2.00 bits per heavy atom. The van der Waals surface area contributed by atoms with Gasteiger partial charge >= 0.3 is 10.4 Å². The summed E-state index contributed by atoms with van der Waals surface area (Å²) < 4.78 is 37.3. The van der Waals surface area contributed by atoms with Crippen LogP contribution in [0, 0.1) is 0 Å². The minimum absolute atomic E-state index is 0.0531. The zero-order valence-corrected chi connectivity index (χ0v) is 13.6. The number of rotatable bonds is 4. The molecule has 0 heterocycles. The van der Waals surface area contributed by atoms with Gasteiger partial charge in [0.25, 0.3) is 0 Å². The highest BCUT2D eigenvalue weighted by Crippen LogP contribution is 2.33. The standard InChI is InChI=1S/C11H15Cl2NO.H2O4S/c1-8(7-14(2)3)15-11-9(12)5-4-6-10(11)13;1-5(2,3)4/h4-6,8H,7H2,1-3H3;(H2,1,2,3,4). The van der Waals surface area contributed by atoms with Crippen molar-refractivity contribution in [3.63, 3.8) is 0 Å². The first kappa shape index (κ1) is 19.4. The van der Waals surface area contributed by atoms with E-state index in [0.717, 1.165) is 6.54 Å². The summed E-state index contributed by atoms with van der Waals surface area (Å²) in [5.41, 5.74) is 0. The number of benzene rings is 1. The van der Waals surface area contributed by atoms with Crippen LogP contribution in [0.3, 0.4) is 0 Å². The highest BCUT2D eigenvalue weighted by molar-refractivity contribution is 7.79. The number of likely N-dealkylation sites (N-methyl/N-ethyl adjacent to an activating group) is 1. The van der Waals surface area contributed by atoms with Crippen LogP contribution in [0.2, 0.25) is 10.0 Å². The van der Waals surface area contributed by atoms with Gasteiger partial charge < -0.3 is 9.64 Å². The molecule has 116 valence electrons. The lowest BCUT2D eigenvalue weighted by molar-refractivity contribution is 0.177. The Hall–Kier alpha value is -0.570. The van der Waals surface area contributed by atoms with E-state index in [2.05, 4.69) is 4.90 Å². The molecule has 0 amide bonds. The van der Waals surface area contributed by atoms with Gasteiger partial charge in [-0.1, -0.05) is 29.3 Å². The molecule has 0 aliphatic carbocycles. The molecule has 0 fully saturated rings. The van der Waals surface area contributed by atoms with Crippen molar-refractivity contribution in [3.8, 4) is 5.75 Å². The van der Waals surface area contributed by atoms with Gasteiger partial charge in [0, 0.05) is 6.54 Å². The summed E-state index contributed by atoms with van der Waals surface area (Å²) in [6.07, 6.45) is 0.0531. The van der Waals surface area contributed by atoms with Crippen LogP contribution in [0.15, 0.2) is 18.2 Å². The molecule has 6 nitrogen and oxygen atoms in total. The molecule has 0 bridgehead atoms. The van der Waals surface area contributed by atoms with Gasteiger partial charge in [0.2, 0.25) is 0 Å². The Labute approximate surface area is 128 Å². The highest BCUT2D eigenvalue weighted by atomic mass is 35.5. The van der Waals surface area contributed by atoms with E-state index >= 15 is 0 Å². The van der Waals surface area contributed by atoms with E-state index in [1.807, 2.05) is 21.0 Å². The first-order valence-corrected chi connectivity index (χ1v) is 7.61. The van der Waals surface area contributed by atoms with Gasteiger partial charge in [-0.15, -0.1) is 0 Å². The summed E-state index contributed by atoms with van der Waals surface area (Å²) in [6.45, 7) is 2.81. The number of ether oxygens (including phenoxy) is 1. The van der Waals surface area contributed by atoms with Gasteiger partial charge in [0.1, 0.15) is 6.10 Å². The lowest BCUT2D eigenvalue weighted by Crippen LogP contribution is -2.28. The Morgan fingerprint density at radius 2 is 1.65 bits per heavy atom. The number of halogens is 2. The van der Waals surface area contributed by atoms with Crippen LogP contribution in [0.1, 0.15) is 6.92 Å². The topological polar surface area (TPSA) is 87.1 Å². The highest BCUT2D eigenvalue weighted by Gasteiger charge is 2.11. The van der Waals surface area contributed by atoms with E-state index < -0.39 is 10.4 Å². The SMILES string of the molecule is CC(CN(C)C)Oc1c(Cl)cccc1Cl.O=S(=O)(O)O. The first-order chi connectivity index (χ1) is 9.00. The molecule has 1 aromatic carbocycles. The minimum atomic E-state index is -4.67. The maximum atomic E-state index is 8.74.